The molecule has 0 rings (SSSR count). The lowest BCUT2D eigenvalue weighted by Crippen LogP contribution is -1.82. The van der Waals surface area contributed by atoms with Gasteiger partial charge in [-0.1, -0.05) is 84.2 Å². The Morgan fingerprint density at radius 2 is 1.50 bits per heavy atom. The molecule has 0 unspecified atom stereocenters. The molecule has 0 bridgehead atoms. The Morgan fingerprint density at radius 1 is 0.875 bits per heavy atom. The maximum atomic E-state index is 5.96. The second-order valence-corrected chi connectivity index (χ2v) is 6.48. The van der Waals surface area contributed by atoms with E-state index in [2.05, 4.69) is 6.92 Å². The molecule has 0 fully saturated rings. The summed E-state index contributed by atoms with van der Waals surface area (Å²) in [5, 5.41) is 0.305. The van der Waals surface area contributed by atoms with Gasteiger partial charge >= 0.3 is 0 Å². The van der Waals surface area contributed by atoms with Gasteiger partial charge in [-0.2, -0.15) is 0 Å². The zero-order valence-corrected chi connectivity index (χ0v) is 13.4. The molecule has 0 aromatic carbocycles. The van der Waals surface area contributed by atoms with Crippen molar-refractivity contribution in [2.75, 3.05) is 5.75 Å². The highest BCUT2D eigenvalue weighted by Crippen LogP contribution is 2.36. The topological polar surface area (TPSA) is 0 Å². The molecule has 94 valence electrons. The van der Waals surface area contributed by atoms with Crippen LogP contribution in [0.15, 0.2) is 18.9 Å². The molecule has 0 aliphatic heterocycles. The maximum absolute atomic E-state index is 5.96. The number of rotatable bonds is 7. The predicted molar refractivity (Wildman–Crippen MR) is 79.9 cm³/mol. The Bertz CT molecular complexity index is 268. The third-order valence-electron chi connectivity index (χ3n) is 1.76. The third kappa shape index (κ3) is 7.58. The molecule has 0 saturated heterocycles. The van der Waals surface area contributed by atoms with E-state index >= 15 is 0 Å². The summed E-state index contributed by atoms with van der Waals surface area (Å²) in [6.07, 6.45) is 4.76. The predicted octanol–water partition coefficient (Wildman–Crippen LogP) is 6.83. The summed E-state index contributed by atoms with van der Waals surface area (Å²) >= 11 is 30.0. The number of halogens is 5. The third-order valence-corrected chi connectivity index (χ3v) is 4.86. The van der Waals surface area contributed by atoms with E-state index in [-0.39, 0.29) is 14.6 Å². The summed E-state index contributed by atoms with van der Waals surface area (Å²) < 4.78 is 0.360. The molecule has 0 atom stereocenters. The first-order valence-electron chi connectivity index (χ1n) is 4.89. The average molecular weight is 343 g/mol. The van der Waals surface area contributed by atoms with Crippen molar-refractivity contribution in [1.82, 2.24) is 0 Å². The van der Waals surface area contributed by atoms with Crippen molar-refractivity contribution in [1.29, 1.82) is 0 Å². The van der Waals surface area contributed by atoms with Crippen LogP contribution in [-0.2, 0) is 0 Å². The van der Waals surface area contributed by atoms with Crippen LogP contribution in [0.3, 0.4) is 0 Å². The van der Waals surface area contributed by atoms with Crippen molar-refractivity contribution >= 4 is 69.8 Å². The Morgan fingerprint density at radius 3 is 2.00 bits per heavy atom. The van der Waals surface area contributed by atoms with Gasteiger partial charge in [-0.15, -0.1) is 11.8 Å². The van der Waals surface area contributed by atoms with Crippen LogP contribution in [-0.4, -0.2) is 5.75 Å². The van der Waals surface area contributed by atoms with Gasteiger partial charge in [0.1, 0.15) is 4.49 Å². The zero-order valence-electron chi connectivity index (χ0n) is 8.83. The van der Waals surface area contributed by atoms with E-state index in [9.17, 15) is 0 Å². The number of allylic oxidation sites excluding steroid dienone is 2. The fraction of sp³-hybridized carbons (Fsp3) is 0.600. The van der Waals surface area contributed by atoms with Crippen LogP contribution in [0.1, 0.15) is 32.6 Å². The number of unbranched alkanes of at least 4 members (excludes halogenated alkanes) is 3. The number of hydrogen-bond acceptors (Lipinski definition) is 1. The van der Waals surface area contributed by atoms with Crippen LogP contribution >= 0.6 is 69.8 Å². The minimum absolute atomic E-state index is 0.0728. The van der Waals surface area contributed by atoms with E-state index in [4.69, 9.17) is 58.0 Å². The first-order chi connectivity index (χ1) is 7.50. The summed E-state index contributed by atoms with van der Waals surface area (Å²) in [7, 11) is 0. The van der Waals surface area contributed by atoms with Crippen LogP contribution in [0.4, 0.5) is 0 Å². The molecular formula is C10H13Cl5S. The van der Waals surface area contributed by atoms with Crippen molar-refractivity contribution in [2.45, 2.75) is 32.6 Å². The Balaban J connectivity index is 4.08. The second-order valence-electron chi connectivity index (χ2n) is 3.07. The molecule has 0 spiro atoms. The van der Waals surface area contributed by atoms with Crippen LogP contribution < -0.4 is 0 Å². The summed E-state index contributed by atoms with van der Waals surface area (Å²) in [5.74, 6) is 0.916. The lowest BCUT2D eigenvalue weighted by atomic mass is 10.2. The molecule has 0 heterocycles. The van der Waals surface area contributed by atoms with Gasteiger partial charge in [-0.3, -0.25) is 0 Å². The monoisotopic (exact) mass is 340 g/mol. The van der Waals surface area contributed by atoms with Gasteiger partial charge in [0, 0.05) is 0 Å². The summed E-state index contributed by atoms with van der Waals surface area (Å²) in [4.78, 5) is 0. The van der Waals surface area contributed by atoms with Gasteiger partial charge in [-0.05, 0) is 12.2 Å². The molecule has 0 aliphatic carbocycles. The van der Waals surface area contributed by atoms with E-state index in [1.165, 1.54) is 31.0 Å². The van der Waals surface area contributed by atoms with Crippen LogP contribution in [0.25, 0.3) is 0 Å². The molecule has 0 nitrogen and oxygen atoms in total. The average Bonchev–Trinajstić information content (AvgIpc) is 2.26. The fourth-order valence-electron chi connectivity index (χ4n) is 0.923. The highest BCUT2D eigenvalue weighted by atomic mass is 35.5. The first-order valence-corrected chi connectivity index (χ1v) is 7.77. The summed E-state index contributed by atoms with van der Waals surface area (Å²) in [5.41, 5.74) is 0. The second kappa shape index (κ2) is 10.2. The van der Waals surface area contributed by atoms with E-state index in [1.807, 2.05) is 0 Å². The van der Waals surface area contributed by atoms with Crippen LogP contribution in [0.2, 0.25) is 0 Å². The van der Waals surface area contributed by atoms with Crippen molar-refractivity contribution in [2.24, 2.45) is 0 Å². The fourth-order valence-corrected chi connectivity index (χ4v) is 2.75. The molecule has 0 saturated carbocycles. The number of hydrogen-bond donors (Lipinski definition) is 0. The minimum Gasteiger partial charge on any atom is -0.112 e. The first kappa shape index (κ1) is 17.3. The molecule has 16 heavy (non-hydrogen) atoms. The Kier molecular flexibility index (Phi) is 11.0. The van der Waals surface area contributed by atoms with E-state index in [0.717, 1.165) is 12.2 Å². The normalized spacial score (nSPS) is 12.4. The van der Waals surface area contributed by atoms with Gasteiger partial charge in [0.25, 0.3) is 0 Å². The van der Waals surface area contributed by atoms with Crippen LogP contribution in [0, 0.1) is 0 Å². The number of thioether (sulfide) groups is 1. The molecular weight excluding hydrogens is 329 g/mol. The minimum atomic E-state index is -0.0728. The Labute approximate surface area is 126 Å². The van der Waals surface area contributed by atoms with Gasteiger partial charge in [0.15, 0.2) is 0 Å². The van der Waals surface area contributed by atoms with Gasteiger partial charge in [0.05, 0.1) is 14.4 Å². The van der Waals surface area contributed by atoms with Crippen LogP contribution in [0.5, 0.6) is 0 Å². The SMILES string of the molecule is CCCCCCS/C(Cl)=C(\Cl)C(Cl)=C(Cl)Cl. The van der Waals surface area contributed by atoms with E-state index in [1.54, 1.807) is 0 Å². The van der Waals surface area contributed by atoms with Gasteiger partial charge in [-0.25, -0.2) is 0 Å². The Hall–Kier alpha value is 1.28. The van der Waals surface area contributed by atoms with E-state index in [0.29, 0.717) is 4.36 Å². The zero-order chi connectivity index (χ0) is 12.6. The molecule has 0 amide bonds. The summed E-state index contributed by atoms with van der Waals surface area (Å²) in [6.45, 7) is 2.17. The van der Waals surface area contributed by atoms with Crippen molar-refractivity contribution in [3.63, 3.8) is 0 Å². The largest absolute Gasteiger partial charge is 0.127 e. The van der Waals surface area contributed by atoms with Crippen molar-refractivity contribution < 1.29 is 0 Å². The standard InChI is InChI=1S/C10H13Cl5S/c1-2-3-4-5-6-16-10(15)8(12)7(11)9(13)14/h2-6H2,1H3/b10-8-. The highest BCUT2D eigenvalue weighted by molar-refractivity contribution is 8.04. The lowest BCUT2D eigenvalue weighted by molar-refractivity contribution is 0.707. The van der Waals surface area contributed by atoms with Gasteiger partial charge in [0.2, 0.25) is 0 Å². The quantitative estimate of drug-likeness (QED) is 0.361. The molecule has 0 aromatic rings. The maximum Gasteiger partial charge on any atom is 0.127 e. The van der Waals surface area contributed by atoms with E-state index < -0.39 is 0 Å². The van der Waals surface area contributed by atoms with Crippen molar-refractivity contribution in [3.8, 4) is 0 Å². The molecule has 0 aromatic heterocycles. The molecule has 0 N–H and O–H groups in total. The smallest absolute Gasteiger partial charge is 0.112 e. The highest BCUT2D eigenvalue weighted by Gasteiger charge is 2.09. The summed E-state index contributed by atoms with van der Waals surface area (Å²) in [6, 6.07) is 0. The molecule has 6 heteroatoms. The van der Waals surface area contributed by atoms with Crippen molar-refractivity contribution in [3.05, 3.63) is 18.9 Å². The molecule has 0 aliphatic rings. The lowest BCUT2D eigenvalue weighted by Gasteiger charge is -2.03. The molecule has 0 radical (unpaired) electrons. The van der Waals surface area contributed by atoms with Gasteiger partial charge < -0.3 is 0 Å².